The van der Waals surface area contributed by atoms with Crippen molar-refractivity contribution in [1.82, 2.24) is 0 Å². The van der Waals surface area contributed by atoms with Gasteiger partial charge in [0.1, 0.15) is 0 Å². The lowest BCUT2D eigenvalue weighted by molar-refractivity contribution is -0.114. The highest BCUT2D eigenvalue weighted by Gasteiger charge is 2.01. The molecule has 0 aliphatic rings. The van der Waals surface area contributed by atoms with Gasteiger partial charge in [-0.3, -0.25) is 4.79 Å². The number of benzene rings is 1. The van der Waals surface area contributed by atoms with E-state index in [9.17, 15) is 9.90 Å². The van der Waals surface area contributed by atoms with E-state index in [1.807, 2.05) is 19.1 Å². The van der Waals surface area contributed by atoms with E-state index >= 15 is 0 Å². The predicted octanol–water partition coefficient (Wildman–Crippen LogP) is 2.87. The molecule has 0 aliphatic carbocycles. The zero-order chi connectivity index (χ0) is 12.7. The van der Waals surface area contributed by atoms with Crippen LogP contribution < -0.4 is 4.74 Å². The second-order valence-corrected chi connectivity index (χ2v) is 3.83. The lowest BCUT2D eigenvalue weighted by Gasteiger charge is -2.04. The predicted molar refractivity (Wildman–Crippen MR) is 67.4 cm³/mol. The van der Waals surface area contributed by atoms with Crippen LogP contribution in [0.3, 0.4) is 0 Å². The summed E-state index contributed by atoms with van der Waals surface area (Å²) in [6.07, 6.45) is 5.57. The zero-order valence-electron chi connectivity index (χ0n) is 10.3. The SMILES string of the molecule is CCCC(=O)C=CCc1ccc(O)c(OC)c1. The van der Waals surface area contributed by atoms with Gasteiger partial charge in [0, 0.05) is 6.42 Å². The molecule has 3 heteroatoms. The van der Waals surface area contributed by atoms with Crippen LogP contribution in [0.5, 0.6) is 11.5 Å². The Bertz CT molecular complexity index is 408. The van der Waals surface area contributed by atoms with Crippen molar-refractivity contribution >= 4 is 5.78 Å². The number of phenols is 1. The van der Waals surface area contributed by atoms with E-state index in [0.29, 0.717) is 18.6 Å². The molecular weight excluding hydrogens is 216 g/mol. The summed E-state index contributed by atoms with van der Waals surface area (Å²) in [5.41, 5.74) is 1.00. The van der Waals surface area contributed by atoms with Crippen LogP contribution in [0, 0.1) is 0 Å². The van der Waals surface area contributed by atoms with Crippen LogP contribution >= 0.6 is 0 Å². The third-order valence-corrected chi connectivity index (χ3v) is 2.40. The fraction of sp³-hybridized carbons (Fsp3) is 0.357. The molecule has 0 radical (unpaired) electrons. The summed E-state index contributed by atoms with van der Waals surface area (Å²) < 4.78 is 5.01. The Morgan fingerprint density at radius 1 is 1.47 bits per heavy atom. The first-order valence-electron chi connectivity index (χ1n) is 5.72. The molecule has 0 unspecified atom stereocenters. The normalized spacial score (nSPS) is 10.7. The first kappa shape index (κ1) is 13.3. The number of hydrogen-bond acceptors (Lipinski definition) is 3. The number of methoxy groups -OCH3 is 1. The molecule has 1 N–H and O–H groups in total. The van der Waals surface area contributed by atoms with E-state index in [4.69, 9.17) is 4.74 Å². The van der Waals surface area contributed by atoms with Crippen molar-refractivity contribution in [2.24, 2.45) is 0 Å². The number of phenolic OH excluding ortho intramolecular Hbond substituents is 1. The average Bonchev–Trinajstić information content (AvgIpc) is 2.31. The van der Waals surface area contributed by atoms with Crippen LogP contribution in [0.1, 0.15) is 25.3 Å². The molecule has 17 heavy (non-hydrogen) atoms. The molecule has 0 saturated carbocycles. The summed E-state index contributed by atoms with van der Waals surface area (Å²) in [4.78, 5) is 11.3. The average molecular weight is 234 g/mol. The molecule has 0 saturated heterocycles. The number of hydrogen-bond donors (Lipinski definition) is 1. The Kier molecular flexibility index (Phi) is 5.27. The molecule has 0 heterocycles. The van der Waals surface area contributed by atoms with E-state index in [2.05, 4.69) is 0 Å². The second-order valence-electron chi connectivity index (χ2n) is 3.83. The Morgan fingerprint density at radius 3 is 2.88 bits per heavy atom. The van der Waals surface area contributed by atoms with E-state index in [1.165, 1.54) is 7.11 Å². The van der Waals surface area contributed by atoms with E-state index in [-0.39, 0.29) is 11.5 Å². The van der Waals surface area contributed by atoms with Gasteiger partial charge < -0.3 is 9.84 Å². The Hall–Kier alpha value is -1.77. The molecule has 1 rings (SSSR count). The number of aromatic hydroxyl groups is 1. The van der Waals surface area contributed by atoms with Gasteiger partial charge in [0.15, 0.2) is 17.3 Å². The quantitative estimate of drug-likeness (QED) is 0.770. The van der Waals surface area contributed by atoms with Gasteiger partial charge in [-0.1, -0.05) is 19.1 Å². The Morgan fingerprint density at radius 2 is 2.24 bits per heavy atom. The van der Waals surface area contributed by atoms with Crippen molar-refractivity contribution in [1.29, 1.82) is 0 Å². The maximum Gasteiger partial charge on any atom is 0.160 e. The lowest BCUT2D eigenvalue weighted by atomic mass is 10.1. The minimum atomic E-state index is 0.127. The molecule has 3 nitrogen and oxygen atoms in total. The van der Waals surface area contributed by atoms with Gasteiger partial charge in [0.2, 0.25) is 0 Å². The Balaban J connectivity index is 2.60. The number of carbonyl (C=O) groups is 1. The second kappa shape index (κ2) is 6.74. The maximum atomic E-state index is 11.3. The maximum absolute atomic E-state index is 11.3. The number of ketones is 1. The number of ether oxygens (including phenoxy) is 1. The number of allylic oxidation sites excluding steroid dienone is 2. The van der Waals surface area contributed by atoms with Crippen LogP contribution in [-0.4, -0.2) is 18.0 Å². The monoisotopic (exact) mass is 234 g/mol. The third kappa shape index (κ3) is 4.31. The van der Waals surface area contributed by atoms with Gasteiger partial charge in [-0.15, -0.1) is 0 Å². The standard InChI is InChI=1S/C14H18O3/c1-3-5-12(15)7-4-6-11-8-9-13(16)14(10-11)17-2/h4,7-10,16H,3,5-6H2,1-2H3. The zero-order valence-corrected chi connectivity index (χ0v) is 10.3. The first-order chi connectivity index (χ1) is 8.17. The molecule has 0 atom stereocenters. The van der Waals surface area contributed by atoms with Gasteiger partial charge >= 0.3 is 0 Å². The minimum absolute atomic E-state index is 0.127. The molecule has 92 valence electrons. The van der Waals surface area contributed by atoms with Gasteiger partial charge in [-0.25, -0.2) is 0 Å². The van der Waals surface area contributed by atoms with E-state index in [0.717, 1.165) is 12.0 Å². The van der Waals surface area contributed by atoms with Crippen molar-refractivity contribution in [3.63, 3.8) is 0 Å². The largest absolute Gasteiger partial charge is 0.504 e. The van der Waals surface area contributed by atoms with Crippen molar-refractivity contribution in [2.45, 2.75) is 26.2 Å². The molecule has 0 aliphatic heterocycles. The highest BCUT2D eigenvalue weighted by molar-refractivity contribution is 5.89. The van der Waals surface area contributed by atoms with Crippen molar-refractivity contribution in [2.75, 3.05) is 7.11 Å². The summed E-state index contributed by atoms with van der Waals surface area (Å²) in [6, 6.07) is 5.17. The first-order valence-corrected chi connectivity index (χ1v) is 5.72. The summed E-state index contributed by atoms with van der Waals surface area (Å²) in [7, 11) is 1.51. The molecule has 0 fully saturated rings. The number of rotatable bonds is 6. The highest BCUT2D eigenvalue weighted by Crippen LogP contribution is 2.26. The summed E-state index contributed by atoms with van der Waals surface area (Å²) in [6.45, 7) is 1.98. The van der Waals surface area contributed by atoms with Crippen LogP contribution in [0.15, 0.2) is 30.4 Å². The van der Waals surface area contributed by atoms with Gasteiger partial charge in [0.05, 0.1) is 7.11 Å². The van der Waals surface area contributed by atoms with Crippen LogP contribution in [-0.2, 0) is 11.2 Å². The van der Waals surface area contributed by atoms with Crippen molar-refractivity contribution in [3.05, 3.63) is 35.9 Å². The fourth-order valence-electron chi connectivity index (χ4n) is 1.51. The summed E-state index contributed by atoms with van der Waals surface area (Å²) in [5.74, 6) is 0.733. The summed E-state index contributed by atoms with van der Waals surface area (Å²) in [5, 5.41) is 9.42. The fourth-order valence-corrected chi connectivity index (χ4v) is 1.51. The summed E-state index contributed by atoms with van der Waals surface area (Å²) >= 11 is 0. The smallest absolute Gasteiger partial charge is 0.160 e. The lowest BCUT2D eigenvalue weighted by Crippen LogP contribution is -1.91. The molecule has 0 amide bonds. The topological polar surface area (TPSA) is 46.5 Å². The third-order valence-electron chi connectivity index (χ3n) is 2.40. The van der Waals surface area contributed by atoms with Crippen LogP contribution in [0.25, 0.3) is 0 Å². The Labute approximate surface area is 102 Å². The molecule has 0 spiro atoms. The van der Waals surface area contributed by atoms with Gasteiger partial charge in [-0.2, -0.15) is 0 Å². The van der Waals surface area contributed by atoms with Crippen LogP contribution in [0.2, 0.25) is 0 Å². The molecule has 1 aromatic rings. The van der Waals surface area contributed by atoms with E-state index in [1.54, 1.807) is 18.2 Å². The van der Waals surface area contributed by atoms with Crippen LogP contribution in [0.4, 0.5) is 0 Å². The highest BCUT2D eigenvalue weighted by atomic mass is 16.5. The molecular formula is C14H18O3. The van der Waals surface area contributed by atoms with E-state index < -0.39 is 0 Å². The molecule has 0 aromatic heterocycles. The van der Waals surface area contributed by atoms with Crippen molar-refractivity contribution in [3.8, 4) is 11.5 Å². The molecule has 1 aromatic carbocycles. The van der Waals surface area contributed by atoms with Gasteiger partial charge in [0.25, 0.3) is 0 Å². The minimum Gasteiger partial charge on any atom is -0.504 e. The number of carbonyl (C=O) groups excluding carboxylic acids is 1. The molecule has 0 bridgehead atoms. The van der Waals surface area contributed by atoms with Crippen molar-refractivity contribution < 1.29 is 14.6 Å². The van der Waals surface area contributed by atoms with Gasteiger partial charge in [-0.05, 0) is 36.6 Å².